The van der Waals surface area contributed by atoms with Crippen LogP contribution in [-0.4, -0.2) is 48.7 Å². The Morgan fingerprint density at radius 1 is 1.05 bits per heavy atom. The Morgan fingerprint density at radius 3 is 2.54 bits per heavy atom. The maximum Gasteiger partial charge on any atom is 0.254 e. The minimum Gasteiger partial charge on any atom is -0.497 e. The SMILES string of the molecule is COc1ccc2c(c1)C(=O)N(C[C@@]1(c3cc4cc(C5(C)CNC(=O)C5)cc(C)c4o3)CC(=O)NC1=O)C2. The van der Waals surface area contributed by atoms with Gasteiger partial charge < -0.3 is 19.4 Å². The Kier molecular flexibility index (Phi) is 4.99. The number of methoxy groups -OCH3 is 1. The van der Waals surface area contributed by atoms with Gasteiger partial charge in [0, 0.05) is 42.4 Å². The number of carbonyl (C=O) groups excluding carboxylic acids is 4. The van der Waals surface area contributed by atoms with E-state index >= 15 is 0 Å². The van der Waals surface area contributed by atoms with Crippen molar-refractivity contribution in [3.05, 3.63) is 64.4 Å². The molecule has 0 aliphatic carbocycles. The van der Waals surface area contributed by atoms with Crippen molar-refractivity contribution < 1.29 is 28.3 Å². The minimum absolute atomic E-state index is 0.00225. The Balaban J connectivity index is 1.40. The Morgan fingerprint density at radius 2 is 1.86 bits per heavy atom. The van der Waals surface area contributed by atoms with Crippen molar-refractivity contribution in [1.82, 2.24) is 15.5 Å². The van der Waals surface area contributed by atoms with E-state index in [2.05, 4.69) is 10.6 Å². The summed E-state index contributed by atoms with van der Waals surface area (Å²) in [4.78, 5) is 52.6. The quantitative estimate of drug-likeness (QED) is 0.519. The summed E-state index contributed by atoms with van der Waals surface area (Å²) in [6.07, 6.45) is 0.281. The van der Waals surface area contributed by atoms with E-state index in [4.69, 9.17) is 9.15 Å². The Labute approximate surface area is 213 Å². The van der Waals surface area contributed by atoms with Crippen molar-refractivity contribution >= 4 is 34.6 Å². The van der Waals surface area contributed by atoms with Gasteiger partial charge in [0.15, 0.2) is 0 Å². The summed E-state index contributed by atoms with van der Waals surface area (Å²) in [5.74, 6) is -0.166. The Hall–Kier alpha value is -4.14. The zero-order valence-corrected chi connectivity index (χ0v) is 20.9. The van der Waals surface area contributed by atoms with Gasteiger partial charge in [0.2, 0.25) is 17.7 Å². The van der Waals surface area contributed by atoms with Crippen LogP contribution in [0.3, 0.4) is 0 Å². The summed E-state index contributed by atoms with van der Waals surface area (Å²) in [6.45, 7) is 4.84. The van der Waals surface area contributed by atoms with Gasteiger partial charge in [-0.3, -0.25) is 24.5 Å². The number of nitrogens with one attached hydrogen (secondary N) is 2. The smallest absolute Gasteiger partial charge is 0.254 e. The maximum atomic E-state index is 13.3. The molecule has 3 aliphatic heterocycles. The van der Waals surface area contributed by atoms with E-state index in [0.717, 1.165) is 22.1 Å². The van der Waals surface area contributed by atoms with Gasteiger partial charge in [0.1, 0.15) is 22.5 Å². The molecule has 37 heavy (non-hydrogen) atoms. The average Bonchev–Trinajstić information content (AvgIpc) is 3.60. The Bertz CT molecular complexity index is 1520. The van der Waals surface area contributed by atoms with Crippen molar-refractivity contribution in [3.8, 4) is 5.75 Å². The first kappa shape index (κ1) is 23.3. The van der Waals surface area contributed by atoms with Crippen LogP contribution in [0.25, 0.3) is 11.0 Å². The third kappa shape index (κ3) is 3.52. The van der Waals surface area contributed by atoms with Crippen LogP contribution in [0.5, 0.6) is 5.75 Å². The van der Waals surface area contributed by atoms with Crippen LogP contribution in [0.1, 0.15) is 52.6 Å². The lowest BCUT2D eigenvalue weighted by Gasteiger charge is -2.28. The van der Waals surface area contributed by atoms with Crippen molar-refractivity contribution in [1.29, 1.82) is 0 Å². The molecule has 1 unspecified atom stereocenters. The normalized spacial score (nSPS) is 25.1. The van der Waals surface area contributed by atoms with E-state index in [1.165, 1.54) is 0 Å². The average molecular weight is 502 g/mol. The van der Waals surface area contributed by atoms with E-state index in [9.17, 15) is 19.2 Å². The van der Waals surface area contributed by atoms with E-state index in [1.54, 1.807) is 30.2 Å². The first-order chi connectivity index (χ1) is 17.6. The van der Waals surface area contributed by atoms with Crippen LogP contribution >= 0.6 is 0 Å². The predicted octanol–water partition coefficient (Wildman–Crippen LogP) is 2.47. The number of aryl methyl sites for hydroxylation is 1. The third-order valence-electron chi connectivity index (χ3n) is 8.00. The number of hydrogen-bond acceptors (Lipinski definition) is 6. The predicted molar refractivity (Wildman–Crippen MR) is 133 cm³/mol. The summed E-state index contributed by atoms with van der Waals surface area (Å²) in [5.41, 5.74) is 2.16. The second kappa shape index (κ2) is 7.93. The van der Waals surface area contributed by atoms with Crippen molar-refractivity contribution in [2.75, 3.05) is 20.2 Å². The number of imide groups is 1. The molecule has 2 fully saturated rings. The van der Waals surface area contributed by atoms with Crippen LogP contribution in [0.4, 0.5) is 0 Å². The molecule has 1 aromatic heterocycles. The second-order valence-electron chi connectivity index (χ2n) is 10.7. The van der Waals surface area contributed by atoms with Crippen LogP contribution < -0.4 is 15.4 Å². The standard InChI is InChI=1S/C28H27N3O6/c1-15-6-18(27(2)10-22(32)29-13-27)7-17-8-21(37-24(15)17)28(11-23(33)30-26(28)35)14-31-12-16-4-5-19(36-3)9-20(16)25(31)34/h4-9H,10-14H2,1-3H3,(H,29,32)(H,30,33,35)/t27?,28-/m1/s1. The van der Waals surface area contributed by atoms with Gasteiger partial charge >= 0.3 is 0 Å². The number of benzene rings is 2. The number of furan rings is 1. The molecule has 0 radical (unpaired) electrons. The molecule has 0 bridgehead atoms. The van der Waals surface area contributed by atoms with E-state index < -0.39 is 17.2 Å². The topological polar surface area (TPSA) is 118 Å². The van der Waals surface area contributed by atoms with Gasteiger partial charge in [-0.25, -0.2) is 0 Å². The van der Waals surface area contributed by atoms with Gasteiger partial charge in [0.05, 0.1) is 13.5 Å². The molecular formula is C28H27N3O6. The first-order valence-corrected chi connectivity index (χ1v) is 12.2. The fourth-order valence-electron chi connectivity index (χ4n) is 5.86. The molecule has 4 heterocycles. The summed E-state index contributed by atoms with van der Waals surface area (Å²) >= 11 is 0. The highest BCUT2D eigenvalue weighted by Crippen LogP contribution is 2.41. The fraction of sp³-hybridized carbons (Fsp3) is 0.357. The minimum atomic E-state index is -1.35. The molecule has 3 aromatic rings. The number of ether oxygens (including phenoxy) is 1. The molecule has 9 nitrogen and oxygen atoms in total. The molecule has 2 N–H and O–H groups in total. The molecule has 2 aromatic carbocycles. The van der Waals surface area contributed by atoms with Crippen molar-refractivity contribution in [2.24, 2.45) is 0 Å². The van der Waals surface area contributed by atoms with Crippen LogP contribution in [-0.2, 0) is 31.8 Å². The molecule has 0 spiro atoms. The molecule has 9 heteroatoms. The summed E-state index contributed by atoms with van der Waals surface area (Å²) < 4.78 is 11.5. The lowest BCUT2D eigenvalue weighted by atomic mass is 9.80. The highest BCUT2D eigenvalue weighted by Gasteiger charge is 2.53. The van der Waals surface area contributed by atoms with Gasteiger partial charge in [-0.2, -0.15) is 0 Å². The van der Waals surface area contributed by atoms with Crippen molar-refractivity contribution in [3.63, 3.8) is 0 Å². The third-order valence-corrected chi connectivity index (χ3v) is 8.00. The first-order valence-electron chi connectivity index (χ1n) is 12.2. The fourth-order valence-corrected chi connectivity index (χ4v) is 5.86. The number of rotatable bonds is 5. The second-order valence-corrected chi connectivity index (χ2v) is 10.7. The molecule has 2 atom stereocenters. The highest BCUT2D eigenvalue weighted by atomic mass is 16.5. The van der Waals surface area contributed by atoms with Crippen LogP contribution in [0.2, 0.25) is 0 Å². The number of amides is 4. The van der Waals surface area contributed by atoms with Crippen molar-refractivity contribution in [2.45, 2.75) is 44.1 Å². The van der Waals surface area contributed by atoms with Gasteiger partial charge in [-0.1, -0.05) is 19.1 Å². The molecule has 6 rings (SSSR count). The lowest BCUT2D eigenvalue weighted by Crippen LogP contribution is -2.46. The zero-order valence-electron chi connectivity index (χ0n) is 20.9. The van der Waals surface area contributed by atoms with Crippen LogP contribution in [0.15, 0.2) is 40.8 Å². The highest BCUT2D eigenvalue weighted by molar-refractivity contribution is 6.10. The van der Waals surface area contributed by atoms with Gasteiger partial charge in [0.25, 0.3) is 5.91 Å². The van der Waals surface area contributed by atoms with E-state index in [0.29, 0.717) is 42.2 Å². The molecule has 4 amide bonds. The molecular weight excluding hydrogens is 474 g/mol. The summed E-state index contributed by atoms with van der Waals surface area (Å²) in [7, 11) is 1.54. The van der Waals surface area contributed by atoms with Crippen LogP contribution in [0, 0.1) is 6.92 Å². The number of hydrogen-bond donors (Lipinski definition) is 2. The molecule has 0 saturated carbocycles. The summed E-state index contributed by atoms with van der Waals surface area (Å²) in [5, 5.41) is 6.11. The number of carbonyl (C=O) groups is 4. The van der Waals surface area contributed by atoms with E-state index in [1.807, 2.05) is 32.0 Å². The van der Waals surface area contributed by atoms with Gasteiger partial charge in [-0.05, 0) is 47.9 Å². The lowest BCUT2D eigenvalue weighted by molar-refractivity contribution is -0.127. The maximum absolute atomic E-state index is 13.3. The number of nitrogens with zero attached hydrogens (tertiary/aromatic N) is 1. The molecule has 2 saturated heterocycles. The molecule has 190 valence electrons. The molecule has 3 aliphatic rings. The summed E-state index contributed by atoms with van der Waals surface area (Å²) in [6, 6.07) is 11.1. The number of fused-ring (bicyclic) bond motifs is 2. The van der Waals surface area contributed by atoms with E-state index in [-0.39, 0.29) is 30.2 Å². The zero-order chi connectivity index (χ0) is 26.1. The monoisotopic (exact) mass is 501 g/mol. The largest absolute Gasteiger partial charge is 0.497 e. The van der Waals surface area contributed by atoms with Gasteiger partial charge in [-0.15, -0.1) is 0 Å².